The van der Waals surface area contributed by atoms with E-state index >= 15 is 0 Å². The second kappa shape index (κ2) is 9.58. The molecule has 0 fully saturated rings. The Bertz CT molecular complexity index is 731. The molecule has 3 N–H and O–H groups in total. The van der Waals surface area contributed by atoms with E-state index in [9.17, 15) is 19.1 Å². The first-order valence-electron chi connectivity index (χ1n) is 8.17. The molecule has 1 atom stereocenters. The molecule has 25 heavy (non-hydrogen) atoms. The number of aromatic nitrogens is 1. The van der Waals surface area contributed by atoms with E-state index in [1.165, 1.54) is 30.3 Å². The summed E-state index contributed by atoms with van der Waals surface area (Å²) in [5.74, 6) is -0.376. The van der Waals surface area contributed by atoms with Crippen molar-refractivity contribution >= 4 is 6.03 Å². The van der Waals surface area contributed by atoms with Crippen LogP contribution >= 0.6 is 0 Å². The maximum Gasteiger partial charge on any atom is 0.314 e. The van der Waals surface area contributed by atoms with Gasteiger partial charge in [0.05, 0.1) is 6.10 Å². The van der Waals surface area contributed by atoms with Gasteiger partial charge in [0, 0.05) is 31.9 Å². The highest BCUT2D eigenvalue weighted by Crippen LogP contribution is 2.12. The van der Waals surface area contributed by atoms with Crippen molar-refractivity contribution in [3.05, 3.63) is 70.4 Å². The lowest BCUT2D eigenvalue weighted by Crippen LogP contribution is -2.38. The summed E-state index contributed by atoms with van der Waals surface area (Å²) in [4.78, 5) is 23.2. The highest BCUT2D eigenvalue weighted by molar-refractivity contribution is 5.73. The molecule has 1 aromatic carbocycles. The Balaban J connectivity index is 1.60. The SMILES string of the molecule is O=C(NCCCCn1ccccc1=O)NCC(O)c1ccc(F)cc1. The predicted octanol–water partition coefficient (Wildman–Crippen LogP) is 1.80. The first kappa shape index (κ1) is 18.7. The number of pyridine rings is 1. The number of carbonyl (C=O) groups is 1. The summed E-state index contributed by atoms with van der Waals surface area (Å²) >= 11 is 0. The largest absolute Gasteiger partial charge is 0.387 e. The molecule has 1 aromatic heterocycles. The predicted molar refractivity (Wildman–Crippen MR) is 92.7 cm³/mol. The standard InChI is InChI=1S/C18H22FN3O3/c19-15-8-6-14(7-9-15)16(23)13-21-18(25)20-10-2-4-12-22-11-3-1-5-17(22)24/h1,3,5-9,11,16,23H,2,4,10,12-13H2,(H2,20,21,25). The highest BCUT2D eigenvalue weighted by Gasteiger charge is 2.09. The van der Waals surface area contributed by atoms with Crippen LogP contribution in [0.3, 0.4) is 0 Å². The Morgan fingerprint density at radius 2 is 1.88 bits per heavy atom. The van der Waals surface area contributed by atoms with Crippen molar-refractivity contribution in [2.24, 2.45) is 0 Å². The normalized spacial score (nSPS) is 11.8. The monoisotopic (exact) mass is 347 g/mol. The van der Waals surface area contributed by atoms with Gasteiger partial charge in [-0.2, -0.15) is 0 Å². The molecule has 1 heterocycles. The maximum atomic E-state index is 12.8. The third-order valence-corrected chi connectivity index (χ3v) is 3.72. The van der Waals surface area contributed by atoms with E-state index in [4.69, 9.17) is 0 Å². The minimum Gasteiger partial charge on any atom is -0.387 e. The number of hydrogen-bond donors (Lipinski definition) is 3. The van der Waals surface area contributed by atoms with Gasteiger partial charge in [-0.25, -0.2) is 9.18 Å². The van der Waals surface area contributed by atoms with Gasteiger partial charge in [-0.15, -0.1) is 0 Å². The van der Waals surface area contributed by atoms with Crippen molar-refractivity contribution in [1.82, 2.24) is 15.2 Å². The Labute approximate surface area is 145 Å². The number of urea groups is 1. The number of hydrogen-bond acceptors (Lipinski definition) is 3. The number of halogens is 1. The van der Waals surface area contributed by atoms with Crippen molar-refractivity contribution in [1.29, 1.82) is 0 Å². The van der Waals surface area contributed by atoms with Gasteiger partial charge in [-0.05, 0) is 36.6 Å². The number of aliphatic hydroxyl groups is 1. The molecule has 2 aromatic rings. The van der Waals surface area contributed by atoms with Gasteiger partial charge in [0.2, 0.25) is 5.56 Å². The first-order valence-corrected chi connectivity index (χ1v) is 8.17. The molecule has 0 spiro atoms. The van der Waals surface area contributed by atoms with Gasteiger partial charge in [0.25, 0.3) is 0 Å². The van der Waals surface area contributed by atoms with E-state index in [0.717, 1.165) is 12.8 Å². The zero-order chi connectivity index (χ0) is 18.1. The average molecular weight is 347 g/mol. The van der Waals surface area contributed by atoms with Crippen LogP contribution in [-0.4, -0.2) is 28.8 Å². The third kappa shape index (κ3) is 6.39. The molecular weight excluding hydrogens is 325 g/mol. The number of carbonyl (C=O) groups excluding carboxylic acids is 1. The van der Waals surface area contributed by atoms with Gasteiger partial charge in [0.1, 0.15) is 5.82 Å². The van der Waals surface area contributed by atoms with E-state index in [-0.39, 0.29) is 24.0 Å². The second-order valence-corrected chi connectivity index (χ2v) is 5.64. The molecule has 2 amide bonds. The summed E-state index contributed by atoms with van der Waals surface area (Å²) in [6, 6.07) is 10.1. The number of nitrogens with one attached hydrogen (secondary N) is 2. The lowest BCUT2D eigenvalue weighted by molar-refractivity contribution is 0.173. The fourth-order valence-electron chi connectivity index (χ4n) is 2.31. The minimum absolute atomic E-state index is 0.0386. The summed E-state index contributed by atoms with van der Waals surface area (Å²) < 4.78 is 14.4. The van der Waals surface area contributed by atoms with Crippen LogP contribution in [0.15, 0.2) is 53.5 Å². The van der Waals surface area contributed by atoms with Crippen molar-refractivity contribution in [3.63, 3.8) is 0 Å². The van der Waals surface area contributed by atoms with Crippen molar-refractivity contribution in [2.45, 2.75) is 25.5 Å². The highest BCUT2D eigenvalue weighted by atomic mass is 19.1. The van der Waals surface area contributed by atoms with E-state index < -0.39 is 6.10 Å². The molecule has 0 aliphatic carbocycles. The molecule has 1 unspecified atom stereocenters. The van der Waals surface area contributed by atoms with Crippen molar-refractivity contribution < 1.29 is 14.3 Å². The molecular formula is C18H22FN3O3. The first-order chi connectivity index (χ1) is 12.1. The van der Waals surface area contributed by atoms with Gasteiger partial charge >= 0.3 is 6.03 Å². The number of rotatable bonds is 8. The van der Waals surface area contributed by atoms with Gasteiger partial charge < -0.3 is 20.3 Å². The van der Waals surface area contributed by atoms with Crippen LogP contribution in [0.1, 0.15) is 24.5 Å². The molecule has 134 valence electrons. The number of amides is 2. The number of aliphatic hydroxyl groups excluding tert-OH is 1. The van der Waals surface area contributed by atoms with Crippen LogP contribution in [0.25, 0.3) is 0 Å². The van der Waals surface area contributed by atoms with Gasteiger partial charge in [0.15, 0.2) is 0 Å². The number of unbranched alkanes of at least 4 members (excludes halogenated alkanes) is 1. The van der Waals surface area contributed by atoms with Gasteiger partial charge in [-0.3, -0.25) is 4.79 Å². The lowest BCUT2D eigenvalue weighted by atomic mass is 10.1. The number of nitrogens with zero attached hydrogens (tertiary/aromatic N) is 1. The third-order valence-electron chi connectivity index (χ3n) is 3.72. The summed E-state index contributed by atoms with van der Waals surface area (Å²) in [5, 5.41) is 15.2. The summed E-state index contributed by atoms with van der Waals surface area (Å²) in [6.07, 6.45) is 2.34. The minimum atomic E-state index is -0.892. The van der Waals surface area contributed by atoms with Crippen molar-refractivity contribution in [3.8, 4) is 0 Å². The molecule has 0 saturated heterocycles. The lowest BCUT2D eigenvalue weighted by Gasteiger charge is -2.13. The fourth-order valence-corrected chi connectivity index (χ4v) is 2.31. The summed E-state index contributed by atoms with van der Waals surface area (Å²) in [5.41, 5.74) is 0.498. The van der Waals surface area contributed by atoms with Crippen molar-refractivity contribution in [2.75, 3.05) is 13.1 Å². The molecule has 0 aliphatic rings. The van der Waals surface area contributed by atoms with E-state index in [0.29, 0.717) is 18.7 Å². The molecule has 0 bridgehead atoms. The van der Waals surface area contributed by atoms with Crippen LogP contribution in [-0.2, 0) is 6.54 Å². The average Bonchev–Trinajstić information content (AvgIpc) is 2.61. The van der Waals surface area contributed by atoms with Crippen LogP contribution in [0, 0.1) is 5.82 Å². The molecule has 6 nitrogen and oxygen atoms in total. The number of aryl methyl sites for hydroxylation is 1. The Hall–Kier alpha value is -2.67. The molecule has 0 radical (unpaired) electrons. The topological polar surface area (TPSA) is 83.4 Å². The Kier molecular flexibility index (Phi) is 7.16. The quantitative estimate of drug-likeness (QED) is 0.637. The fraction of sp³-hybridized carbons (Fsp3) is 0.333. The zero-order valence-corrected chi connectivity index (χ0v) is 13.8. The van der Waals surface area contributed by atoms with Gasteiger partial charge in [-0.1, -0.05) is 18.2 Å². The zero-order valence-electron chi connectivity index (χ0n) is 13.8. The molecule has 0 saturated carbocycles. The van der Waals surface area contributed by atoms with Crippen LogP contribution in [0.2, 0.25) is 0 Å². The summed E-state index contributed by atoms with van der Waals surface area (Å²) in [6.45, 7) is 1.11. The van der Waals surface area contributed by atoms with E-state index in [1.54, 1.807) is 22.9 Å². The molecule has 2 rings (SSSR count). The summed E-state index contributed by atoms with van der Waals surface area (Å²) in [7, 11) is 0. The maximum absolute atomic E-state index is 12.8. The van der Waals surface area contributed by atoms with E-state index in [1.807, 2.05) is 0 Å². The second-order valence-electron chi connectivity index (χ2n) is 5.64. The van der Waals surface area contributed by atoms with Crippen LogP contribution in [0.5, 0.6) is 0 Å². The molecule has 7 heteroatoms. The Morgan fingerprint density at radius 3 is 2.60 bits per heavy atom. The smallest absolute Gasteiger partial charge is 0.314 e. The number of benzene rings is 1. The molecule has 0 aliphatic heterocycles. The Morgan fingerprint density at radius 1 is 1.12 bits per heavy atom. The van der Waals surface area contributed by atoms with Crippen LogP contribution < -0.4 is 16.2 Å². The van der Waals surface area contributed by atoms with E-state index in [2.05, 4.69) is 10.6 Å². The van der Waals surface area contributed by atoms with Crippen LogP contribution in [0.4, 0.5) is 9.18 Å².